The predicted molar refractivity (Wildman–Crippen MR) is 104 cm³/mol. The molecule has 3 rings (SSSR count). The van der Waals surface area contributed by atoms with Crippen LogP contribution in [0.3, 0.4) is 0 Å². The van der Waals surface area contributed by atoms with Gasteiger partial charge in [0.05, 0.1) is 18.0 Å². The van der Waals surface area contributed by atoms with Crippen molar-refractivity contribution in [3.63, 3.8) is 0 Å². The van der Waals surface area contributed by atoms with Crippen LogP contribution in [0.1, 0.15) is 37.4 Å². The Morgan fingerprint density at radius 2 is 2.00 bits per heavy atom. The van der Waals surface area contributed by atoms with Gasteiger partial charge in [-0.15, -0.1) is 0 Å². The van der Waals surface area contributed by atoms with Crippen molar-refractivity contribution >= 4 is 17.7 Å². The van der Waals surface area contributed by atoms with E-state index < -0.39 is 12.1 Å². The summed E-state index contributed by atoms with van der Waals surface area (Å²) in [6.45, 7) is 0. The molecule has 1 aromatic rings. The number of carboxylic acid groups (broad SMARTS) is 1. The molecule has 0 aliphatic heterocycles. The molecule has 148 valence electrons. The summed E-state index contributed by atoms with van der Waals surface area (Å²) in [5.74, 6) is 1.48. The Kier molecular flexibility index (Phi) is 6.95. The number of fused-ring (bicyclic) bond motifs is 1. The maximum absolute atomic E-state index is 13.0. The van der Waals surface area contributed by atoms with Gasteiger partial charge in [-0.3, -0.25) is 4.79 Å². The van der Waals surface area contributed by atoms with Gasteiger partial charge in [0.25, 0.3) is 0 Å². The molecule has 6 atom stereocenters. The van der Waals surface area contributed by atoms with Crippen LogP contribution in [0.25, 0.3) is 0 Å². The van der Waals surface area contributed by atoms with Crippen LogP contribution in [-0.4, -0.2) is 38.9 Å². The van der Waals surface area contributed by atoms with Gasteiger partial charge < -0.3 is 15.3 Å². The van der Waals surface area contributed by atoms with Gasteiger partial charge in [0, 0.05) is 5.92 Å². The van der Waals surface area contributed by atoms with Gasteiger partial charge in [0.2, 0.25) is 0 Å². The highest BCUT2D eigenvalue weighted by atomic mass is 32.2. The molecule has 2 aliphatic rings. The quantitative estimate of drug-likeness (QED) is 0.463. The van der Waals surface area contributed by atoms with E-state index in [1.807, 2.05) is 6.08 Å². The molecule has 0 bridgehead atoms. The fraction of sp³-hybridized carbons (Fsp3) is 0.571. The molecule has 2 aliphatic carbocycles. The smallest absolute Gasteiger partial charge is 0.313 e. The van der Waals surface area contributed by atoms with E-state index in [9.17, 15) is 19.4 Å². The molecule has 27 heavy (non-hydrogen) atoms. The maximum Gasteiger partial charge on any atom is 0.313 e. The lowest BCUT2D eigenvalue weighted by molar-refractivity contribution is -0.133. The van der Waals surface area contributed by atoms with Gasteiger partial charge in [-0.1, -0.05) is 24.3 Å². The van der Waals surface area contributed by atoms with Gasteiger partial charge in [-0.25, -0.2) is 4.39 Å². The predicted octanol–water partition coefficient (Wildman–Crippen LogP) is 3.65. The molecule has 0 spiro atoms. The average Bonchev–Trinajstić information content (AvgIpc) is 3.13. The first-order valence-electron chi connectivity index (χ1n) is 9.53. The van der Waals surface area contributed by atoms with E-state index in [0.29, 0.717) is 23.3 Å². The summed E-state index contributed by atoms with van der Waals surface area (Å²) in [4.78, 5) is 10.6. The first kappa shape index (κ1) is 20.4. The summed E-state index contributed by atoms with van der Waals surface area (Å²) in [7, 11) is 0. The highest BCUT2D eigenvalue weighted by Gasteiger charge is 2.46. The first-order chi connectivity index (χ1) is 12.9. The molecule has 0 heterocycles. The molecule has 1 aromatic carbocycles. The molecule has 3 N–H and O–H groups in total. The largest absolute Gasteiger partial charge is 0.481 e. The normalized spacial score (nSPS) is 31.3. The fourth-order valence-corrected chi connectivity index (χ4v) is 5.51. The Bertz CT molecular complexity index is 663. The Morgan fingerprint density at radius 3 is 2.70 bits per heavy atom. The molecular formula is C21H27FO4S. The summed E-state index contributed by atoms with van der Waals surface area (Å²) < 4.78 is 13.0. The van der Waals surface area contributed by atoms with Crippen LogP contribution in [0, 0.1) is 29.5 Å². The number of aliphatic hydroxyl groups excluding tert-OH is 2. The maximum atomic E-state index is 13.0. The van der Waals surface area contributed by atoms with Crippen LogP contribution in [0.15, 0.2) is 36.4 Å². The number of carboxylic acids is 1. The summed E-state index contributed by atoms with van der Waals surface area (Å²) >= 11 is 1.47. The van der Waals surface area contributed by atoms with Crippen LogP contribution in [0.4, 0.5) is 4.39 Å². The van der Waals surface area contributed by atoms with Gasteiger partial charge in [-0.05, 0) is 66.9 Å². The summed E-state index contributed by atoms with van der Waals surface area (Å²) in [6, 6.07) is 5.80. The van der Waals surface area contributed by atoms with Crippen molar-refractivity contribution in [3.8, 4) is 0 Å². The zero-order chi connectivity index (χ0) is 19.4. The Morgan fingerprint density at radius 1 is 1.26 bits per heavy atom. The molecule has 6 heteroatoms. The second kappa shape index (κ2) is 9.22. The van der Waals surface area contributed by atoms with Gasteiger partial charge in [0.1, 0.15) is 5.82 Å². The van der Waals surface area contributed by atoms with Crippen molar-refractivity contribution in [1.82, 2.24) is 0 Å². The zero-order valence-electron chi connectivity index (χ0n) is 15.2. The SMILES string of the molecule is O=C(O)CSCCC1C[C@H]2C[C@@H](O)[C@H](C=CC(O)c3ccc(F)cc3)[C@@H]2C1. The summed E-state index contributed by atoms with van der Waals surface area (Å²) in [5, 5.41) is 29.4. The number of carbonyl (C=O) groups is 1. The zero-order valence-corrected chi connectivity index (χ0v) is 16.0. The standard InChI is InChI=1S/C21H27FO4S/c22-16-3-1-14(2-4-16)19(23)6-5-17-18-10-13(7-8-27-12-21(25)26)9-15(18)11-20(17)24/h1-6,13,15,17-20,23-24H,7-12H2,(H,25,26)/t13?,15-,17+,18+,19?,20+/m0/s1. The average molecular weight is 395 g/mol. The van der Waals surface area contributed by atoms with E-state index in [4.69, 9.17) is 5.11 Å². The van der Waals surface area contributed by atoms with Crippen LogP contribution >= 0.6 is 11.8 Å². The Labute approximate surface area is 163 Å². The molecule has 0 saturated heterocycles. The van der Waals surface area contributed by atoms with E-state index >= 15 is 0 Å². The third-order valence-electron chi connectivity index (χ3n) is 5.95. The van der Waals surface area contributed by atoms with Crippen LogP contribution < -0.4 is 0 Å². The van der Waals surface area contributed by atoms with Gasteiger partial charge in [0.15, 0.2) is 0 Å². The molecular weight excluding hydrogens is 367 g/mol. The van der Waals surface area contributed by atoms with Crippen molar-refractivity contribution in [2.24, 2.45) is 23.7 Å². The van der Waals surface area contributed by atoms with Crippen LogP contribution in [0.2, 0.25) is 0 Å². The number of hydrogen-bond donors (Lipinski definition) is 3. The minimum atomic E-state index is -0.804. The van der Waals surface area contributed by atoms with Crippen LogP contribution in [0.5, 0.6) is 0 Å². The van der Waals surface area contributed by atoms with Crippen molar-refractivity contribution < 1.29 is 24.5 Å². The molecule has 4 nitrogen and oxygen atoms in total. The minimum absolute atomic E-state index is 0.0433. The Balaban J connectivity index is 1.53. The van der Waals surface area contributed by atoms with E-state index in [1.54, 1.807) is 18.2 Å². The van der Waals surface area contributed by atoms with E-state index in [2.05, 4.69) is 0 Å². The number of rotatable bonds is 8. The first-order valence-corrected chi connectivity index (χ1v) is 10.7. The van der Waals surface area contributed by atoms with Crippen molar-refractivity contribution in [2.75, 3.05) is 11.5 Å². The second-order valence-corrected chi connectivity index (χ2v) is 8.86. The van der Waals surface area contributed by atoms with E-state index in [-0.39, 0.29) is 23.6 Å². The van der Waals surface area contributed by atoms with Crippen molar-refractivity contribution in [2.45, 2.75) is 37.9 Å². The fourth-order valence-electron chi connectivity index (χ4n) is 4.69. The number of hydrogen-bond acceptors (Lipinski definition) is 4. The third kappa shape index (κ3) is 5.33. The lowest BCUT2D eigenvalue weighted by atomic mass is 9.89. The number of aliphatic carboxylic acids is 1. The summed E-state index contributed by atoms with van der Waals surface area (Å²) in [5.41, 5.74) is 0.636. The number of aliphatic hydroxyl groups is 2. The topological polar surface area (TPSA) is 77.8 Å². The monoisotopic (exact) mass is 394 g/mol. The molecule has 2 unspecified atom stereocenters. The molecule has 0 radical (unpaired) electrons. The molecule has 0 amide bonds. The van der Waals surface area contributed by atoms with E-state index in [0.717, 1.165) is 31.4 Å². The van der Waals surface area contributed by atoms with Crippen molar-refractivity contribution in [1.29, 1.82) is 0 Å². The second-order valence-electron chi connectivity index (χ2n) is 7.76. The minimum Gasteiger partial charge on any atom is -0.481 e. The molecule has 2 fully saturated rings. The number of benzene rings is 1. The number of halogens is 1. The third-order valence-corrected chi connectivity index (χ3v) is 6.93. The lowest BCUT2D eigenvalue weighted by Crippen LogP contribution is -2.18. The highest BCUT2D eigenvalue weighted by Crippen LogP contribution is 2.51. The summed E-state index contributed by atoms with van der Waals surface area (Å²) in [6.07, 6.45) is 6.43. The highest BCUT2D eigenvalue weighted by molar-refractivity contribution is 7.99. The van der Waals surface area contributed by atoms with E-state index in [1.165, 1.54) is 23.9 Å². The van der Waals surface area contributed by atoms with Gasteiger partial charge >= 0.3 is 5.97 Å². The number of thioether (sulfide) groups is 1. The van der Waals surface area contributed by atoms with Crippen LogP contribution in [-0.2, 0) is 4.79 Å². The lowest BCUT2D eigenvalue weighted by Gasteiger charge is -2.19. The Hall–Kier alpha value is -1.37. The van der Waals surface area contributed by atoms with Gasteiger partial charge in [-0.2, -0.15) is 11.8 Å². The molecule has 2 saturated carbocycles. The van der Waals surface area contributed by atoms with Crippen molar-refractivity contribution in [3.05, 3.63) is 47.8 Å². The molecule has 0 aromatic heterocycles.